The molecule has 0 aliphatic heterocycles. The van der Waals surface area contributed by atoms with E-state index in [4.69, 9.17) is 11.6 Å². The van der Waals surface area contributed by atoms with E-state index >= 15 is 0 Å². The van der Waals surface area contributed by atoms with Crippen molar-refractivity contribution in [1.29, 1.82) is 0 Å². The van der Waals surface area contributed by atoms with Crippen LogP contribution in [0.4, 0.5) is 0 Å². The van der Waals surface area contributed by atoms with Gasteiger partial charge in [0.05, 0.1) is 0 Å². The summed E-state index contributed by atoms with van der Waals surface area (Å²) in [7, 11) is 0. The predicted octanol–water partition coefficient (Wildman–Crippen LogP) is 4.10. The van der Waals surface area contributed by atoms with Gasteiger partial charge in [-0.3, -0.25) is 0 Å². The Balaban J connectivity index is 2.99. The lowest BCUT2D eigenvalue weighted by atomic mass is 10.1. The van der Waals surface area contributed by atoms with Gasteiger partial charge in [-0.25, -0.2) is 0 Å². The topological polar surface area (TPSA) is 0 Å². The smallest absolute Gasteiger partial charge is 0.0406 e. The maximum absolute atomic E-state index is 5.73. The zero-order chi connectivity index (χ0) is 8.27. The molecule has 0 N–H and O–H groups in total. The van der Waals surface area contributed by atoms with Crippen LogP contribution in [-0.2, 0) is 0 Å². The minimum Gasteiger partial charge on any atom is -0.0843 e. The van der Waals surface area contributed by atoms with Crippen molar-refractivity contribution in [3.05, 3.63) is 39.8 Å². The van der Waals surface area contributed by atoms with Gasteiger partial charge < -0.3 is 0 Å². The second-order valence-electron chi connectivity index (χ2n) is 2.30. The van der Waals surface area contributed by atoms with Gasteiger partial charge in [0.25, 0.3) is 0 Å². The van der Waals surface area contributed by atoms with Gasteiger partial charge in [0.2, 0.25) is 0 Å². The maximum atomic E-state index is 5.73. The molecule has 0 bridgehead atoms. The van der Waals surface area contributed by atoms with Crippen molar-refractivity contribution < 1.29 is 0 Å². The second-order valence-corrected chi connectivity index (χ2v) is 3.19. The number of allylic oxidation sites excluding steroid dienone is 1. The van der Waals surface area contributed by atoms with Crippen LogP contribution in [0.2, 0.25) is 5.02 Å². The summed E-state index contributed by atoms with van der Waals surface area (Å²) in [5.74, 6) is 0. The fourth-order valence-corrected chi connectivity index (χ4v) is 1.17. The first-order chi connectivity index (χ1) is 5.24. The van der Waals surface area contributed by atoms with E-state index in [9.17, 15) is 0 Å². The van der Waals surface area contributed by atoms with Gasteiger partial charge in [-0.2, -0.15) is 0 Å². The first-order valence-corrected chi connectivity index (χ1v) is 4.56. The summed E-state index contributed by atoms with van der Waals surface area (Å²) in [4.78, 5) is 1.90. The Kier molecular flexibility index (Phi) is 3.16. The van der Waals surface area contributed by atoms with E-state index in [0.29, 0.717) is 0 Å². The molecule has 0 spiro atoms. The Bertz CT molecular complexity index is 261. The van der Waals surface area contributed by atoms with Crippen molar-refractivity contribution in [2.75, 3.05) is 0 Å². The molecule has 0 unspecified atom stereocenters. The number of hydrogen-bond acceptors (Lipinski definition) is 0. The monoisotopic (exact) mass is 230 g/mol. The quantitative estimate of drug-likeness (QED) is 0.683. The van der Waals surface area contributed by atoms with Crippen LogP contribution in [-0.4, -0.2) is 0 Å². The summed E-state index contributed by atoms with van der Waals surface area (Å²) < 4.78 is 0. The van der Waals surface area contributed by atoms with Crippen molar-refractivity contribution in [3.8, 4) is 0 Å². The average Bonchev–Trinajstić information content (AvgIpc) is 2.05. The Morgan fingerprint density at radius 2 is 1.91 bits per heavy atom. The van der Waals surface area contributed by atoms with Gasteiger partial charge in [-0.05, 0) is 35.2 Å². The molecular weight excluding hydrogens is 223 g/mol. The first-order valence-electron chi connectivity index (χ1n) is 3.27. The fourth-order valence-electron chi connectivity index (χ4n) is 0.776. The minimum atomic E-state index is 0.774. The molecule has 0 saturated carbocycles. The van der Waals surface area contributed by atoms with E-state index in [0.717, 1.165) is 5.02 Å². The lowest BCUT2D eigenvalue weighted by Crippen LogP contribution is -1.75. The Morgan fingerprint density at radius 3 is 2.36 bits per heavy atom. The first kappa shape index (κ1) is 8.82. The van der Waals surface area contributed by atoms with Crippen LogP contribution >= 0.6 is 27.5 Å². The molecule has 0 atom stereocenters. The molecular formula is C9H8BrCl. The lowest BCUT2D eigenvalue weighted by Gasteiger charge is -1.98. The number of rotatable bonds is 1. The van der Waals surface area contributed by atoms with Gasteiger partial charge in [0.1, 0.15) is 0 Å². The van der Waals surface area contributed by atoms with Gasteiger partial charge in [0, 0.05) is 5.02 Å². The molecule has 0 fully saturated rings. The number of hydrogen-bond donors (Lipinski definition) is 0. The standard InChI is InChI=1S/C9H8BrCl/c1-7(6-10)8-2-4-9(11)5-3-8/h2-6H,1H3. The van der Waals surface area contributed by atoms with Crippen molar-refractivity contribution in [1.82, 2.24) is 0 Å². The van der Waals surface area contributed by atoms with E-state index in [-0.39, 0.29) is 0 Å². The summed E-state index contributed by atoms with van der Waals surface area (Å²) in [5, 5.41) is 0.774. The average molecular weight is 232 g/mol. The molecule has 2 heteroatoms. The molecule has 11 heavy (non-hydrogen) atoms. The summed E-state index contributed by atoms with van der Waals surface area (Å²) in [6.07, 6.45) is 0. The van der Waals surface area contributed by atoms with E-state index in [1.807, 2.05) is 36.2 Å². The van der Waals surface area contributed by atoms with Crippen LogP contribution in [0.3, 0.4) is 0 Å². The molecule has 1 aromatic carbocycles. The number of halogens is 2. The highest BCUT2D eigenvalue weighted by Crippen LogP contribution is 2.17. The Morgan fingerprint density at radius 1 is 1.36 bits per heavy atom. The van der Waals surface area contributed by atoms with Crippen LogP contribution in [0.5, 0.6) is 0 Å². The zero-order valence-corrected chi connectivity index (χ0v) is 8.48. The van der Waals surface area contributed by atoms with Gasteiger partial charge >= 0.3 is 0 Å². The molecule has 0 radical (unpaired) electrons. The molecule has 0 nitrogen and oxygen atoms in total. The summed E-state index contributed by atoms with van der Waals surface area (Å²) >= 11 is 9.00. The Labute approximate surface area is 80.0 Å². The van der Waals surface area contributed by atoms with Crippen molar-refractivity contribution >= 4 is 33.1 Å². The Hall–Kier alpha value is -0.270. The van der Waals surface area contributed by atoms with Crippen LogP contribution in [0.25, 0.3) is 5.57 Å². The fraction of sp³-hybridized carbons (Fsp3) is 0.111. The molecule has 1 aromatic rings. The van der Waals surface area contributed by atoms with Crippen molar-refractivity contribution in [2.24, 2.45) is 0 Å². The van der Waals surface area contributed by atoms with E-state index in [1.165, 1.54) is 11.1 Å². The van der Waals surface area contributed by atoms with E-state index in [2.05, 4.69) is 15.9 Å². The normalized spacial score (nSPS) is 11.7. The highest BCUT2D eigenvalue weighted by molar-refractivity contribution is 9.11. The van der Waals surface area contributed by atoms with Crippen LogP contribution in [0, 0.1) is 0 Å². The summed E-state index contributed by atoms with van der Waals surface area (Å²) in [6, 6.07) is 7.76. The molecule has 0 saturated heterocycles. The molecule has 0 aromatic heterocycles. The molecule has 1 rings (SSSR count). The molecule has 0 amide bonds. The molecule has 0 heterocycles. The minimum absolute atomic E-state index is 0.774. The highest BCUT2D eigenvalue weighted by Gasteiger charge is 1.92. The highest BCUT2D eigenvalue weighted by atomic mass is 79.9. The lowest BCUT2D eigenvalue weighted by molar-refractivity contribution is 1.58. The van der Waals surface area contributed by atoms with Crippen LogP contribution in [0.1, 0.15) is 12.5 Å². The summed E-state index contributed by atoms with van der Waals surface area (Å²) in [6.45, 7) is 2.04. The van der Waals surface area contributed by atoms with E-state index in [1.54, 1.807) is 0 Å². The molecule has 0 aliphatic carbocycles. The van der Waals surface area contributed by atoms with Crippen molar-refractivity contribution in [2.45, 2.75) is 6.92 Å². The van der Waals surface area contributed by atoms with Crippen LogP contribution < -0.4 is 0 Å². The zero-order valence-electron chi connectivity index (χ0n) is 6.14. The third-order valence-corrected chi connectivity index (χ3v) is 2.40. The van der Waals surface area contributed by atoms with Crippen LogP contribution in [0.15, 0.2) is 29.3 Å². The SMILES string of the molecule is CC(=CBr)c1ccc(Cl)cc1. The van der Waals surface area contributed by atoms with E-state index < -0.39 is 0 Å². The second kappa shape index (κ2) is 3.93. The maximum Gasteiger partial charge on any atom is 0.0406 e. The summed E-state index contributed by atoms with van der Waals surface area (Å²) in [5.41, 5.74) is 2.38. The third-order valence-electron chi connectivity index (χ3n) is 1.46. The number of benzene rings is 1. The van der Waals surface area contributed by atoms with Gasteiger partial charge in [0.15, 0.2) is 0 Å². The van der Waals surface area contributed by atoms with Crippen molar-refractivity contribution in [3.63, 3.8) is 0 Å². The third kappa shape index (κ3) is 2.35. The molecule has 0 aliphatic rings. The molecule has 58 valence electrons. The largest absolute Gasteiger partial charge is 0.0843 e. The van der Waals surface area contributed by atoms with Gasteiger partial charge in [-0.1, -0.05) is 39.7 Å². The van der Waals surface area contributed by atoms with Gasteiger partial charge in [-0.15, -0.1) is 0 Å². The predicted molar refractivity (Wildman–Crippen MR) is 54.0 cm³/mol.